The SMILES string of the molecule is O=C(Cn1cnc(C2CCC2)cc1=O)C12CC3CC(CC(C3)C1)C2. The van der Waals surface area contributed by atoms with Crippen molar-refractivity contribution >= 4 is 5.78 Å². The van der Waals surface area contributed by atoms with Crippen molar-refractivity contribution in [2.24, 2.45) is 23.2 Å². The molecule has 0 N–H and O–H groups in total. The Kier molecular flexibility index (Phi) is 3.26. The third-order valence-electron chi connectivity index (χ3n) is 7.37. The average molecular weight is 326 g/mol. The molecular formula is C20H26N2O2. The van der Waals surface area contributed by atoms with Gasteiger partial charge in [0.2, 0.25) is 0 Å². The standard InChI is InChI=1S/C20H26N2O2/c23-18(20-8-13-4-14(9-20)6-15(5-13)10-20)11-22-12-21-17(7-19(22)24)16-2-1-3-16/h7,12-16H,1-6,8-11H2. The number of hydrogen-bond donors (Lipinski definition) is 0. The number of aromatic nitrogens is 2. The van der Waals surface area contributed by atoms with Gasteiger partial charge in [0.1, 0.15) is 0 Å². The summed E-state index contributed by atoms with van der Waals surface area (Å²) in [5.41, 5.74) is 0.746. The molecule has 1 aromatic rings. The minimum atomic E-state index is -0.124. The van der Waals surface area contributed by atoms with Gasteiger partial charge in [-0.05, 0) is 69.1 Å². The van der Waals surface area contributed by atoms with Crippen molar-refractivity contribution < 1.29 is 4.79 Å². The van der Waals surface area contributed by atoms with Gasteiger partial charge in [-0.1, -0.05) is 6.42 Å². The van der Waals surface area contributed by atoms with Crippen LogP contribution in [-0.2, 0) is 11.3 Å². The Morgan fingerprint density at radius 1 is 1.12 bits per heavy atom. The number of carbonyl (C=O) groups excluding carboxylic acids is 1. The molecule has 0 radical (unpaired) electrons. The molecule has 0 unspecified atom stereocenters. The smallest absolute Gasteiger partial charge is 0.253 e. The summed E-state index contributed by atoms with van der Waals surface area (Å²) < 4.78 is 1.54. The van der Waals surface area contributed by atoms with Crippen LogP contribution in [-0.4, -0.2) is 15.3 Å². The Morgan fingerprint density at radius 2 is 1.75 bits per heavy atom. The molecule has 5 fully saturated rings. The molecule has 5 aliphatic carbocycles. The lowest BCUT2D eigenvalue weighted by molar-refractivity contribution is -0.144. The van der Waals surface area contributed by atoms with Gasteiger partial charge in [0.25, 0.3) is 5.56 Å². The van der Waals surface area contributed by atoms with Crippen LogP contribution in [0.25, 0.3) is 0 Å². The molecule has 4 bridgehead atoms. The van der Waals surface area contributed by atoms with Crippen molar-refractivity contribution in [1.82, 2.24) is 9.55 Å². The minimum Gasteiger partial charge on any atom is -0.297 e. The highest BCUT2D eigenvalue weighted by molar-refractivity contribution is 5.85. The number of Topliss-reactive ketones (excluding diaryl/α,β-unsaturated/α-hetero) is 1. The zero-order valence-electron chi connectivity index (χ0n) is 14.2. The Hall–Kier alpha value is -1.45. The van der Waals surface area contributed by atoms with Gasteiger partial charge in [-0.2, -0.15) is 0 Å². The van der Waals surface area contributed by atoms with Crippen LogP contribution < -0.4 is 5.56 Å². The summed E-state index contributed by atoms with van der Waals surface area (Å²) in [5.74, 6) is 3.04. The van der Waals surface area contributed by atoms with Crippen molar-refractivity contribution in [2.45, 2.75) is 70.3 Å². The first-order valence-corrected chi connectivity index (χ1v) is 9.71. The molecule has 0 atom stereocenters. The maximum Gasteiger partial charge on any atom is 0.253 e. The van der Waals surface area contributed by atoms with Gasteiger partial charge in [-0.15, -0.1) is 0 Å². The third kappa shape index (κ3) is 2.29. The summed E-state index contributed by atoms with van der Waals surface area (Å²) in [5, 5.41) is 0. The summed E-state index contributed by atoms with van der Waals surface area (Å²) in [6, 6.07) is 1.66. The average Bonchev–Trinajstić information content (AvgIpc) is 2.46. The maximum atomic E-state index is 13.1. The largest absolute Gasteiger partial charge is 0.297 e. The molecule has 4 nitrogen and oxygen atoms in total. The van der Waals surface area contributed by atoms with E-state index in [0.717, 1.165) is 55.6 Å². The summed E-state index contributed by atoms with van der Waals surface area (Å²) in [4.78, 5) is 30.0. The number of carbonyl (C=O) groups is 1. The van der Waals surface area contributed by atoms with E-state index in [4.69, 9.17) is 0 Å². The van der Waals surface area contributed by atoms with E-state index in [-0.39, 0.29) is 17.5 Å². The van der Waals surface area contributed by atoms with Crippen LogP contribution in [0.4, 0.5) is 0 Å². The first-order chi connectivity index (χ1) is 11.6. The van der Waals surface area contributed by atoms with E-state index in [1.807, 2.05) is 0 Å². The number of hydrogen-bond acceptors (Lipinski definition) is 3. The second-order valence-corrected chi connectivity index (χ2v) is 9.03. The molecule has 4 heteroatoms. The van der Waals surface area contributed by atoms with Gasteiger partial charge in [-0.3, -0.25) is 14.2 Å². The van der Waals surface area contributed by atoms with Crippen LogP contribution >= 0.6 is 0 Å². The summed E-state index contributed by atoms with van der Waals surface area (Å²) in [6.07, 6.45) is 12.4. The quantitative estimate of drug-likeness (QED) is 0.853. The molecule has 0 saturated heterocycles. The zero-order chi connectivity index (χ0) is 16.3. The van der Waals surface area contributed by atoms with Crippen LogP contribution in [0.1, 0.15) is 69.4 Å². The van der Waals surface area contributed by atoms with E-state index in [1.54, 1.807) is 17.0 Å². The lowest BCUT2D eigenvalue weighted by atomic mass is 9.48. The zero-order valence-corrected chi connectivity index (χ0v) is 14.2. The molecule has 0 aliphatic heterocycles. The number of nitrogens with zero attached hydrogens (tertiary/aromatic N) is 2. The Morgan fingerprint density at radius 3 is 2.25 bits per heavy atom. The predicted molar refractivity (Wildman–Crippen MR) is 90.7 cm³/mol. The van der Waals surface area contributed by atoms with Gasteiger partial charge in [0, 0.05) is 17.4 Å². The maximum absolute atomic E-state index is 13.1. The molecule has 0 spiro atoms. The monoisotopic (exact) mass is 326 g/mol. The van der Waals surface area contributed by atoms with Crippen LogP contribution in [0, 0.1) is 23.2 Å². The summed E-state index contributed by atoms with van der Waals surface area (Å²) in [6.45, 7) is 0.225. The molecule has 24 heavy (non-hydrogen) atoms. The second-order valence-electron chi connectivity index (χ2n) is 9.03. The van der Waals surface area contributed by atoms with E-state index >= 15 is 0 Å². The first kappa shape index (κ1) is 14.9. The Bertz CT molecular complexity index is 696. The Balaban J connectivity index is 1.36. The molecule has 128 valence electrons. The molecule has 0 amide bonds. The van der Waals surface area contributed by atoms with Gasteiger partial charge in [0.15, 0.2) is 5.78 Å². The third-order valence-corrected chi connectivity index (χ3v) is 7.37. The van der Waals surface area contributed by atoms with Gasteiger partial charge >= 0.3 is 0 Å². The van der Waals surface area contributed by atoms with Gasteiger partial charge in [0.05, 0.1) is 18.6 Å². The van der Waals surface area contributed by atoms with E-state index in [1.165, 1.54) is 25.7 Å². The molecule has 0 aromatic carbocycles. The van der Waals surface area contributed by atoms with Gasteiger partial charge < -0.3 is 0 Å². The van der Waals surface area contributed by atoms with Crippen molar-refractivity contribution in [1.29, 1.82) is 0 Å². The highest BCUT2D eigenvalue weighted by atomic mass is 16.1. The normalized spacial score (nSPS) is 37.4. The van der Waals surface area contributed by atoms with E-state index < -0.39 is 0 Å². The summed E-state index contributed by atoms with van der Waals surface area (Å²) in [7, 11) is 0. The van der Waals surface area contributed by atoms with Crippen LogP contribution in [0.2, 0.25) is 0 Å². The van der Waals surface area contributed by atoms with E-state index in [9.17, 15) is 9.59 Å². The van der Waals surface area contributed by atoms with E-state index in [2.05, 4.69) is 4.98 Å². The highest BCUT2D eigenvalue weighted by Gasteiger charge is 2.54. The predicted octanol–water partition coefficient (Wildman–Crippen LogP) is 3.30. The van der Waals surface area contributed by atoms with Crippen molar-refractivity contribution in [3.63, 3.8) is 0 Å². The number of rotatable bonds is 4. The first-order valence-electron chi connectivity index (χ1n) is 9.71. The topological polar surface area (TPSA) is 52.0 Å². The summed E-state index contributed by atoms with van der Waals surface area (Å²) >= 11 is 0. The van der Waals surface area contributed by atoms with Crippen LogP contribution in [0.15, 0.2) is 17.2 Å². The molecule has 5 saturated carbocycles. The fraction of sp³-hybridized carbons (Fsp3) is 0.750. The van der Waals surface area contributed by atoms with Crippen molar-refractivity contribution in [3.05, 3.63) is 28.4 Å². The van der Waals surface area contributed by atoms with Crippen LogP contribution in [0.3, 0.4) is 0 Å². The van der Waals surface area contributed by atoms with E-state index in [0.29, 0.717) is 11.7 Å². The van der Waals surface area contributed by atoms with Crippen molar-refractivity contribution in [3.8, 4) is 0 Å². The molecule has 5 aliphatic rings. The lowest BCUT2D eigenvalue weighted by Crippen LogP contribution is -2.51. The molecule has 1 aromatic heterocycles. The van der Waals surface area contributed by atoms with Crippen molar-refractivity contribution in [2.75, 3.05) is 0 Å². The molecular weight excluding hydrogens is 300 g/mol. The molecule has 6 rings (SSSR count). The second kappa shape index (κ2) is 5.27. The molecule has 1 heterocycles. The number of ketones is 1. The Labute approximate surface area is 142 Å². The minimum absolute atomic E-state index is 0.0509. The van der Waals surface area contributed by atoms with Crippen LogP contribution in [0.5, 0.6) is 0 Å². The van der Waals surface area contributed by atoms with Gasteiger partial charge in [-0.25, -0.2) is 4.98 Å². The fourth-order valence-corrected chi connectivity index (χ4v) is 6.26. The lowest BCUT2D eigenvalue weighted by Gasteiger charge is -2.56. The highest BCUT2D eigenvalue weighted by Crippen LogP contribution is 2.60. The fourth-order valence-electron chi connectivity index (χ4n) is 6.26.